The lowest BCUT2D eigenvalue weighted by atomic mass is 9.89. The third-order valence-corrected chi connectivity index (χ3v) is 10.5. The highest BCUT2D eigenvalue weighted by molar-refractivity contribution is 7.50. The van der Waals surface area contributed by atoms with Crippen LogP contribution in [-0.2, 0) is 20.3 Å². The van der Waals surface area contributed by atoms with E-state index in [0.717, 1.165) is 11.1 Å². The number of carbonyl (C=O) groups excluding carboxylic acids is 3. The van der Waals surface area contributed by atoms with Crippen molar-refractivity contribution in [2.75, 3.05) is 13.1 Å². The average molecular weight is 633 g/mol. The Hall–Kier alpha value is -3.25. The zero-order valence-electron chi connectivity index (χ0n) is 23.1. The van der Waals surface area contributed by atoms with Gasteiger partial charge in [0.2, 0.25) is 11.8 Å². The number of thiophene rings is 1. The highest BCUT2D eigenvalue weighted by Crippen LogP contribution is 2.40. The van der Waals surface area contributed by atoms with Crippen LogP contribution in [0.3, 0.4) is 0 Å². The fourth-order valence-electron chi connectivity index (χ4n) is 6.53. The molecule has 5 heterocycles. The van der Waals surface area contributed by atoms with E-state index in [1.54, 1.807) is 46.2 Å². The fourth-order valence-corrected chi connectivity index (χ4v) is 8.15. The number of carbonyl (C=O) groups is 3. The van der Waals surface area contributed by atoms with Crippen LogP contribution in [0, 0.1) is 0 Å². The van der Waals surface area contributed by atoms with Crippen LogP contribution >= 0.6 is 18.9 Å². The summed E-state index contributed by atoms with van der Waals surface area (Å²) in [6.45, 7) is 0.574. The molecule has 3 saturated heterocycles. The van der Waals surface area contributed by atoms with E-state index in [1.165, 1.54) is 17.5 Å². The predicted molar refractivity (Wildman–Crippen MR) is 155 cm³/mol. The van der Waals surface area contributed by atoms with E-state index >= 15 is 0 Å². The second kappa shape index (κ2) is 11.7. The summed E-state index contributed by atoms with van der Waals surface area (Å²) in [7, 11) is -4.24. The molecule has 3 amide bonds. The van der Waals surface area contributed by atoms with Gasteiger partial charge in [0.25, 0.3) is 12.3 Å². The smallest absolute Gasteiger partial charge is 0.329 e. The van der Waals surface area contributed by atoms with Gasteiger partial charge < -0.3 is 24.9 Å². The van der Waals surface area contributed by atoms with Crippen molar-refractivity contribution in [3.8, 4) is 0 Å². The summed E-state index contributed by atoms with van der Waals surface area (Å²) < 4.78 is 39.0. The van der Waals surface area contributed by atoms with Crippen molar-refractivity contribution in [1.29, 1.82) is 0 Å². The number of hydrogen-bond acceptors (Lipinski definition) is 6. The summed E-state index contributed by atoms with van der Waals surface area (Å²) >= 11 is 1.22. The van der Waals surface area contributed by atoms with Crippen molar-refractivity contribution < 1.29 is 37.5 Å². The number of pyridine rings is 1. The first kappa shape index (κ1) is 29.8. The van der Waals surface area contributed by atoms with Crippen molar-refractivity contribution in [2.45, 2.75) is 68.7 Å². The minimum Gasteiger partial charge on any atom is -0.340 e. The first-order chi connectivity index (χ1) is 20.5. The van der Waals surface area contributed by atoms with E-state index < -0.39 is 38.2 Å². The van der Waals surface area contributed by atoms with Gasteiger partial charge in [-0.3, -0.25) is 23.9 Å². The van der Waals surface area contributed by atoms with Gasteiger partial charge in [0, 0.05) is 35.9 Å². The van der Waals surface area contributed by atoms with Crippen molar-refractivity contribution in [3.05, 3.63) is 64.3 Å². The van der Waals surface area contributed by atoms with Crippen LogP contribution in [-0.4, -0.2) is 73.5 Å². The summed E-state index contributed by atoms with van der Waals surface area (Å²) in [6.07, 6.45) is 1.31. The molecule has 3 fully saturated rings. The molecule has 3 aromatic rings. The zero-order valence-corrected chi connectivity index (χ0v) is 24.8. The normalized spacial score (nSPS) is 22.9. The van der Waals surface area contributed by atoms with Gasteiger partial charge in [-0.05, 0) is 72.9 Å². The van der Waals surface area contributed by atoms with E-state index in [9.17, 15) is 37.5 Å². The first-order valence-corrected chi connectivity index (χ1v) is 16.8. The molecule has 0 radical (unpaired) electrons. The number of nitrogens with zero attached hydrogens (tertiary/aromatic N) is 3. The quantitative estimate of drug-likeness (QED) is 0.332. The van der Waals surface area contributed by atoms with Gasteiger partial charge in [0.1, 0.15) is 17.8 Å². The third kappa shape index (κ3) is 6.08. The fraction of sp³-hybridized carbons (Fsp3) is 0.448. The minimum absolute atomic E-state index is 0.0963. The molecule has 0 unspecified atom stereocenters. The molecular weight excluding hydrogens is 601 g/mol. The molecule has 0 bridgehead atoms. The van der Waals surface area contributed by atoms with Gasteiger partial charge in [-0.1, -0.05) is 12.1 Å². The zero-order chi connectivity index (χ0) is 30.5. The molecule has 3 aliphatic heterocycles. The van der Waals surface area contributed by atoms with Gasteiger partial charge >= 0.3 is 7.60 Å². The number of alkyl halides is 2. The van der Waals surface area contributed by atoms with E-state index in [0.29, 0.717) is 47.1 Å². The lowest BCUT2D eigenvalue weighted by Gasteiger charge is -2.43. The number of hydrogen-bond donors (Lipinski definition) is 3. The van der Waals surface area contributed by atoms with Gasteiger partial charge in [-0.2, -0.15) is 0 Å². The van der Waals surface area contributed by atoms with E-state index in [4.69, 9.17) is 0 Å². The molecule has 6 rings (SSSR count). The number of amides is 3. The van der Waals surface area contributed by atoms with E-state index in [-0.39, 0.29) is 42.6 Å². The molecule has 0 aliphatic carbocycles. The molecule has 43 heavy (non-hydrogen) atoms. The minimum atomic E-state index is -4.24. The van der Waals surface area contributed by atoms with Gasteiger partial charge in [0.15, 0.2) is 0 Å². The SMILES string of the molecule is O=C(N[C@H]1CCC[C@H]2CC[C@@H](C(=O)N3CC(c4cccnc4C(F)F)C3)N2C1=O)c1cc2cc(CP(=O)(O)O)ccc2s1. The van der Waals surface area contributed by atoms with Crippen molar-refractivity contribution in [1.82, 2.24) is 20.1 Å². The van der Waals surface area contributed by atoms with Crippen molar-refractivity contribution >= 4 is 46.7 Å². The molecule has 3 aliphatic rings. The Balaban J connectivity index is 1.13. The monoisotopic (exact) mass is 632 g/mol. The third-order valence-electron chi connectivity index (χ3n) is 8.58. The second-order valence-electron chi connectivity index (χ2n) is 11.5. The summed E-state index contributed by atoms with van der Waals surface area (Å²) in [5.74, 6) is -1.15. The maximum Gasteiger partial charge on any atom is 0.329 e. The maximum atomic E-state index is 13.8. The lowest BCUT2D eigenvalue weighted by Crippen LogP contribution is -2.58. The van der Waals surface area contributed by atoms with Crippen LogP contribution in [0.2, 0.25) is 0 Å². The number of likely N-dealkylation sites (tertiary alicyclic amines) is 1. The Bertz CT molecular complexity index is 1620. The maximum absolute atomic E-state index is 13.8. The molecule has 228 valence electrons. The van der Waals surface area contributed by atoms with Gasteiger partial charge in [-0.15, -0.1) is 11.3 Å². The second-order valence-corrected chi connectivity index (χ2v) is 14.2. The van der Waals surface area contributed by atoms with E-state index in [2.05, 4.69) is 10.3 Å². The Morgan fingerprint density at radius 1 is 1.12 bits per heavy atom. The number of benzene rings is 1. The highest BCUT2D eigenvalue weighted by Gasteiger charge is 2.48. The average Bonchev–Trinajstić information content (AvgIpc) is 3.51. The van der Waals surface area contributed by atoms with Crippen LogP contribution in [0.5, 0.6) is 0 Å². The Kier molecular flexibility index (Phi) is 8.10. The summed E-state index contributed by atoms with van der Waals surface area (Å²) in [5, 5.41) is 3.55. The van der Waals surface area contributed by atoms with Crippen LogP contribution in [0.1, 0.15) is 70.9 Å². The van der Waals surface area contributed by atoms with Crippen LogP contribution < -0.4 is 5.32 Å². The molecule has 1 aromatic carbocycles. The molecule has 0 saturated carbocycles. The Labute approximate surface area is 250 Å². The highest BCUT2D eigenvalue weighted by atomic mass is 32.1. The van der Waals surface area contributed by atoms with Crippen LogP contribution in [0.4, 0.5) is 8.78 Å². The number of aromatic nitrogens is 1. The lowest BCUT2D eigenvalue weighted by molar-refractivity contribution is -0.148. The molecule has 10 nitrogen and oxygen atoms in total. The van der Waals surface area contributed by atoms with Gasteiger partial charge in [0.05, 0.1) is 11.0 Å². The molecule has 0 spiro atoms. The predicted octanol–water partition coefficient (Wildman–Crippen LogP) is 4.18. The number of halogens is 2. The molecule has 3 atom stereocenters. The molecule has 14 heteroatoms. The molecule has 2 aromatic heterocycles. The summed E-state index contributed by atoms with van der Waals surface area (Å²) in [4.78, 5) is 66.6. The Morgan fingerprint density at radius 3 is 2.65 bits per heavy atom. The van der Waals surface area contributed by atoms with Crippen molar-refractivity contribution in [2.24, 2.45) is 0 Å². The van der Waals surface area contributed by atoms with E-state index in [1.807, 2.05) is 0 Å². The number of fused-ring (bicyclic) bond motifs is 2. The molecule has 3 N–H and O–H groups in total. The number of nitrogens with one attached hydrogen (secondary N) is 1. The first-order valence-electron chi connectivity index (χ1n) is 14.2. The van der Waals surface area contributed by atoms with Gasteiger partial charge in [-0.25, -0.2) is 8.78 Å². The van der Waals surface area contributed by atoms with Crippen LogP contribution in [0.15, 0.2) is 42.6 Å². The summed E-state index contributed by atoms with van der Waals surface area (Å²) in [6, 6.07) is 8.31. The largest absolute Gasteiger partial charge is 0.340 e. The van der Waals surface area contributed by atoms with Crippen molar-refractivity contribution in [3.63, 3.8) is 0 Å². The topological polar surface area (TPSA) is 140 Å². The molecular formula is C29H31F2N4O6PS. The Morgan fingerprint density at radius 2 is 1.91 bits per heavy atom. The van der Waals surface area contributed by atoms with Crippen LogP contribution in [0.25, 0.3) is 10.1 Å². The standard InChI is InChI=1S/C29H31F2N4O6PS/c30-26(31)25-20(4-2-10-32-25)18-13-34(14-18)29(38)22-8-7-19-3-1-5-21(28(37)35(19)22)33-27(36)24-12-17-11-16(15-42(39,40)41)6-9-23(17)43-24/h2,4,6,9-12,18-19,21-22,26H,1,3,5,7-8,13-15H2,(H,33,36)(H2,39,40,41)/t19-,21-,22-/m0/s1. The number of rotatable bonds is 7. The summed E-state index contributed by atoms with van der Waals surface area (Å²) in [5.41, 5.74) is 0.643.